The molecule has 1 heterocycles. The number of thiocarbonyl (C=S) groups is 1. The molecule has 138 valence electrons. The minimum atomic E-state index is -0.406. The Kier molecular flexibility index (Phi) is 6.41. The summed E-state index contributed by atoms with van der Waals surface area (Å²) in [5.41, 5.74) is 0.999. The third-order valence-electron chi connectivity index (χ3n) is 3.76. The SMILES string of the molecule is O=C(CCN1C(=O)/C(=C/c2ccccc2F)SC1=S)Nc1ccc(Br)cc1. The number of carbonyl (C=O) groups is 2. The zero-order valence-electron chi connectivity index (χ0n) is 13.9. The van der Waals surface area contributed by atoms with Crippen molar-refractivity contribution in [1.82, 2.24) is 4.90 Å². The molecular formula is C19H14BrFN2O2S2. The number of benzene rings is 2. The molecule has 0 unspecified atom stereocenters. The second-order valence-corrected chi connectivity index (χ2v) is 8.25. The maximum absolute atomic E-state index is 13.8. The first-order valence-corrected chi connectivity index (χ1v) is 10.0. The third-order valence-corrected chi connectivity index (χ3v) is 5.66. The van der Waals surface area contributed by atoms with E-state index >= 15 is 0 Å². The first kappa shape index (κ1) is 19.7. The molecule has 0 atom stereocenters. The van der Waals surface area contributed by atoms with Crippen molar-refractivity contribution >= 4 is 67.8 Å². The van der Waals surface area contributed by atoms with E-state index in [0.29, 0.717) is 20.5 Å². The van der Waals surface area contributed by atoms with E-state index in [2.05, 4.69) is 21.2 Å². The molecule has 1 N–H and O–H groups in total. The van der Waals surface area contributed by atoms with Crippen molar-refractivity contribution in [2.75, 3.05) is 11.9 Å². The Morgan fingerprint density at radius 2 is 1.93 bits per heavy atom. The molecular weight excluding hydrogens is 451 g/mol. The molecule has 27 heavy (non-hydrogen) atoms. The van der Waals surface area contributed by atoms with Gasteiger partial charge in [-0.1, -0.05) is 58.1 Å². The van der Waals surface area contributed by atoms with Gasteiger partial charge in [0.05, 0.1) is 4.91 Å². The summed E-state index contributed by atoms with van der Waals surface area (Å²) in [5.74, 6) is -0.939. The van der Waals surface area contributed by atoms with Gasteiger partial charge in [0.25, 0.3) is 5.91 Å². The minimum absolute atomic E-state index is 0.107. The van der Waals surface area contributed by atoms with Gasteiger partial charge in [0.2, 0.25) is 5.91 Å². The summed E-state index contributed by atoms with van der Waals surface area (Å²) in [6.45, 7) is 0.168. The minimum Gasteiger partial charge on any atom is -0.326 e. The number of hydrogen-bond acceptors (Lipinski definition) is 4. The lowest BCUT2D eigenvalue weighted by Crippen LogP contribution is -2.31. The number of carbonyl (C=O) groups excluding carboxylic acids is 2. The molecule has 1 saturated heterocycles. The summed E-state index contributed by atoms with van der Waals surface area (Å²) < 4.78 is 15.1. The van der Waals surface area contributed by atoms with E-state index < -0.39 is 5.82 Å². The Balaban J connectivity index is 1.61. The Labute approximate surface area is 173 Å². The van der Waals surface area contributed by atoms with Crippen LogP contribution in [-0.4, -0.2) is 27.6 Å². The van der Waals surface area contributed by atoms with Gasteiger partial charge in [-0.05, 0) is 36.4 Å². The Hall–Kier alpha value is -2.03. The molecule has 1 aliphatic heterocycles. The average Bonchev–Trinajstić information content (AvgIpc) is 2.90. The number of thioether (sulfide) groups is 1. The quantitative estimate of drug-likeness (QED) is 0.508. The predicted molar refractivity (Wildman–Crippen MR) is 114 cm³/mol. The van der Waals surface area contributed by atoms with Crippen LogP contribution in [0.3, 0.4) is 0 Å². The molecule has 0 bridgehead atoms. The Morgan fingerprint density at radius 3 is 2.63 bits per heavy atom. The molecule has 8 heteroatoms. The smallest absolute Gasteiger partial charge is 0.266 e. The zero-order valence-corrected chi connectivity index (χ0v) is 17.2. The van der Waals surface area contributed by atoms with Gasteiger partial charge < -0.3 is 5.32 Å². The van der Waals surface area contributed by atoms with Crippen molar-refractivity contribution < 1.29 is 14.0 Å². The normalized spacial score (nSPS) is 15.5. The van der Waals surface area contributed by atoms with Crippen molar-refractivity contribution in [3.8, 4) is 0 Å². The van der Waals surface area contributed by atoms with Crippen LogP contribution in [0.5, 0.6) is 0 Å². The number of anilines is 1. The number of nitrogens with one attached hydrogen (secondary N) is 1. The highest BCUT2D eigenvalue weighted by Crippen LogP contribution is 2.33. The van der Waals surface area contributed by atoms with Crippen LogP contribution in [0.15, 0.2) is 57.9 Å². The van der Waals surface area contributed by atoms with E-state index in [1.54, 1.807) is 30.3 Å². The maximum Gasteiger partial charge on any atom is 0.266 e. The number of amides is 2. The highest BCUT2D eigenvalue weighted by atomic mass is 79.9. The second kappa shape index (κ2) is 8.77. The van der Waals surface area contributed by atoms with E-state index in [-0.39, 0.29) is 24.8 Å². The fraction of sp³-hybridized carbons (Fsp3) is 0.105. The molecule has 2 amide bonds. The summed E-state index contributed by atoms with van der Waals surface area (Å²) in [4.78, 5) is 26.4. The second-order valence-electron chi connectivity index (χ2n) is 5.66. The van der Waals surface area contributed by atoms with Gasteiger partial charge in [-0.2, -0.15) is 0 Å². The van der Waals surface area contributed by atoms with Gasteiger partial charge >= 0.3 is 0 Å². The van der Waals surface area contributed by atoms with E-state index in [9.17, 15) is 14.0 Å². The Bertz CT molecular complexity index is 932. The van der Waals surface area contributed by atoms with Crippen LogP contribution in [0.1, 0.15) is 12.0 Å². The van der Waals surface area contributed by atoms with E-state index in [1.165, 1.54) is 17.0 Å². The molecule has 1 fully saturated rings. The lowest BCUT2D eigenvalue weighted by Gasteiger charge is -2.14. The van der Waals surface area contributed by atoms with Crippen molar-refractivity contribution in [3.63, 3.8) is 0 Å². The maximum atomic E-state index is 13.8. The van der Waals surface area contributed by atoms with Crippen molar-refractivity contribution in [3.05, 3.63) is 69.3 Å². The first-order valence-electron chi connectivity index (χ1n) is 7.99. The third kappa shape index (κ3) is 5.03. The summed E-state index contributed by atoms with van der Waals surface area (Å²) in [7, 11) is 0. The summed E-state index contributed by atoms with van der Waals surface area (Å²) >= 11 is 9.68. The standard InChI is InChI=1S/C19H14BrFN2O2S2/c20-13-5-7-14(8-6-13)22-17(24)9-10-23-18(25)16(27-19(23)26)11-12-3-1-2-4-15(12)21/h1-8,11H,9-10H2,(H,22,24)/b16-11-. The summed E-state index contributed by atoms with van der Waals surface area (Å²) in [5, 5.41) is 2.77. The van der Waals surface area contributed by atoms with Crippen LogP contribution in [0.2, 0.25) is 0 Å². The van der Waals surface area contributed by atoms with Crippen LogP contribution >= 0.6 is 39.9 Å². The molecule has 4 nitrogen and oxygen atoms in total. The van der Waals surface area contributed by atoms with Gasteiger partial charge in [-0.3, -0.25) is 14.5 Å². The van der Waals surface area contributed by atoms with Crippen LogP contribution in [0, 0.1) is 5.82 Å². The molecule has 1 aliphatic rings. The van der Waals surface area contributed by atoms with Crippen molar-refractivity contribution in [1.29, 1.82) is 0 Å². The van der Waals surface area contributed by atoms with E-state index in [0.717, 1.165) is 16.2 Å². The molecule has 0 spiro atoms. The molecule has 3 rings (SSSR count). The predicted octanol–water partition coefficient (Wildman–Crippen LogP) is 4.82. The van der Waals surface area contributed by atoms with E-state index in [1.807, 2.05) is 12.1 Å². The Morgan fingerprint density at radius 1 is 1.22 bits per heavy atom. The fourth-order valence-electron chi connectivity index (χ4n) is 2.40. The van der Waals surface area contributed by atoms with Crippen molar-refractivity contribution in [2.45, 2.75) is 6.42 Å². The molecule has 0 radical (unpaired) electrons. The largest absolute Gasteiger partial charge is 0.326 e. The van der Waals surface area contributed by atoms with Crippen molar-refractivity contribution in [2.24, 2.45) is 0 Å². The van der Waals surface area contributed by atoms with Gasteiger partial charge in [-0.15, -0.1) is 0 Å². The van der Waals surface area contributed by atoms with Crippen LogP contribution in [0.4, 0.5) is 10.1 Å². The topological polar surface area (TPSA) is 49.4 Å². The van der Waals surface area contributed by atoms with Crippen LogP contribution < -0.4 is 5.32 Å². The summed E-state index contributed by atoms with van der Waals surface area (Å²) in [6, 6.07) is 13.4. The number of halogens is 2. The molecule has 0 aliphatic carbocycles. The lowest BCUT2D eigenvalue weighted by molar-refractivity contribution is -0.122. The van der Waals surface area contributed by atoms with E-state index in [4.69, 9.17) is 12.2 Å². The van der Waals surface area contributed by atoms with Crippen LogP contribution in [0.25, 0.3) is 6.08 Å². The van der Waals surface area contributed by atoms with Gasteiger partial charge in [0, 0.05) is 28.7 Å². The number of rotatable bonds is 5. The number of hydrogen-bond donors (Lipinski definition) is 1. The van der Waals surface area contributed by atoms with Gasteiger partial charge in [0.1, 0.15) is 10.1 Å². The van der Waals surface area contributed by atoms with Crippen LogP contribution in [-0.2, 0) is 9.59 Å². The highest BCUT2D eigenvalue weighted by Gasteiger charge is 2.32. The van der Waals surface area contributed by atoms with Gasteiger partial charge in [0.15, 0.2) is 0 Å². The highest BCUT2D eigenvalue weighted by molar-refractivity contribution is 9.10. The first-order chi connectivity index (χ1) is 12.9. The number of nitrogens with zero attached hydrogens (tertiary/aromatic N) is 1. The monoisotopic (exact) mass is 464 g/mol. The fourth-order valence-corrected chi connectivity index (χ4v) is 3.96. The molecule has 0 saturated carbocycles. The summed E-state index contributed by atoms with van der Waals surface area (Å²) in [6.07, 6.45) is 1.59. The average molecular weight is 465 g/mol. The zero-order chi connectivity index (χ0) is 19.4. The molecule has 2 aromatic carbocycles. The molecule has 2 aromatic rings. The van der Waals surface area contributed by atoms with Gasteiger partial charge in [-0.25, -0.2) is 4.39 Å². The lowest BCUT2D eigenvalue weighted by atomic mass is 10.2. The molecule has 0 aromatic heterocycles.